The average Bonchev–Trinajstić information content (AvgIpc) is 3.49. The Balaban J connectivity index is 1.45. The van der Waals surface area contributed by atoms with Crippen molar-refractivity contribution < 1.29 is 23.8 Å². The van der Waals surface area contributed by atoms with Crippen molar-refractivity contribution in [1.29, 1.82) is 0 Å². The van der Waals surface area contributed by atoms with E-state index < -0.39 is 23.0 Å². The van der Waals surface area contributed by atoms with Crippen LogP contribution >= 0.6 is 11.3 Å². The number of carbonyl (C=O) groups excluding carboxylic acids is 2. The Morgan fingerprint density at radius 3 is 2.89 bits per heavy atom. The quantitative estimate of drug-likeness (QED) is 0.386. The summed E-state index contributed by atoms with van der Waals surface area (Å²) in [4.78, 5) is 48.6. The van der Waals surface area contributed by atoms with Crippen molar-refractivity contribution in [3.63, 3.8) is 0 Å². The minimum absolute atomic E-state index is 0.0251. The Morgan fingerprint density at radius 1 is 1.32 bits per heavy atom. The molecule has 1 aromatic carbocycles. The van der Waals surface area contributed by atoms with Crippen molar-refractivity contribution in [2.24, 2.45) is 5.73 Å². The number of aromatic nitrogens is 4. The highest BCUT2D eigenvalue weighted by molar-refractivity contribution is 7.15. The molecule has 1 aliphatic rings. The molecule has 192 valence electrons. The number of halogens is 1. The van der Waals surface area contributed by atoms with Crippen LogP contribution in [0.2, 0.25) is 0 Å². The van der Waals surface area contributed by atoms with Gasteiger partial charge in [0, 0.05) is 48.5 Å². The predicted octanol–water partition coefficient (Wildman–Crippen LogP) is 1.40. The normalized spacial score (nSPS) is 15.8. The molecule has 5 rings (SSSR count). The summed E-state index contributed by atoms with van der Waals surface area (Å²) in [7, 11) is 0. The average molecular weight is 527 g/mol. The fourth-order valence-corrected chi connectivity index (χ4v) is 5.17. The molecular formula is C24H23FN6O5S. The molecule has 1 aliphatic heterocycles. The third-order valence-corrected chi connectivity index (χ3v) is 7.09. The molecular weight excluding hydrogens is 503 g/mol. The van der Waals surface area contributed by atoms with Crippen LogP contribution in [0.3, 0.4) is 0 Å². The minimum atomic E-state index is -0.751. The summed E-state index contributed by atoms with van der Waals surface area (Å²) >= 11 is 1.16. The zero-order chi connectivity index (χ0) is 26.3. The van der Waals surface area contributed by atoms with Crippen LogP contribution in [0.25, 0.3) is 16.5 Å². The zero-order valence-electron chi connectivity index (χ0n) is 19.8. The van der Waals surface area contributed by atoms with E-state index in [4.69, 9.17) is 10.5 Å². The Labute approximate surface area is 213 Å². The second kappa shape index (κ2) is 9.75. The molecule has 13 heteroatoms. The summed E-state index contributed by atoms with van der Waals surface area (Å²) in [6.07, 6.45) is 4.70. The lowest BCUT2D eigenvalue weighted by atomic mass is 10.0. The van der Waals surface area contributed by atoms with E-state index in [1.165, 1.54) is 28.9 Å². The van der Waals surface area contributed by atoms with Crippen LogP contribution in [0.1, 0.15) is 27.7 Å². The van der Waals surface area contributed by atoms with Crippen molar-refractivity contribution in [3.8, 4) is 16.5 Å². The summed E-state index contributed by atoms with van der Waals surface area (Å²) < 4.78 is 21.8. The van der Waals surface area contributed by atoms with E-state index in [9.17, 15) is 23.9 Å². The number of carbonyl (C=O) groups is 2. The number of benzene rings is 1. The Hall–Kier alpha value is -4.10. The van der Waals surface area contributed by atoms with Crippen molar-refractivity contribution in [1.82, 2.24) is 23.8 Å². The van der Waals surface area contributed by atoms with E-state index in [0.29, 0.717) is 30.1 Å². The van der Waals surface area contributed by atoms with Crippen LogP contribution in [-0.2, 0) is 22.5 Å². The van der Waals surface area contributed by atoms with E-state index in [0.717, 1.165) is 17.4 Å². The van der Waals surface area contributed by atoms with Gasteiger partial charge in [-0.1, -0.05) is 6.07 Å². The molecule has 0 spiro atoms. The maximum atomic E-state index is 13.6. The lowest BCUT2D eigenvalue weighted by molar-refractivity contribution is -0.138. The van der Waals surface area contributed by atoms with Gasteiger partial charge in [-0.15, -0.1) is 11.3 Å². The van der Waals surface area contributed by atoms with Gasteiger partial charge in [0.15, 0.2) is 5.69 Å². The highest BCUT2D eigenvalue weighted by Gasteiger charge is 2.24. The molecule has 3 aromatic heterocycles. The van der Waals surface area contributed by atoms with Gasteiger partial charge in [-0.05, 0) is 24.6 Å². The Bertz CT molecular complexity index is 1580. The summed E-state index contributed by atoms with van der Waals surface area (Å²) in [6, 6.07) is 3.79. The number of nitrogens with zero attached hydrogens (tertiary/aromatic N) is 5. The number of ether oxygens (including phenoxy) is 1. The van der Waals surface area contributed by atoms with Gasteiger partial charge in [-0.3, -0.25) is 14.4 Å². The third-order valence-electron chi connectivity index (χ3n) is 6.08. The van der Waals surface area contributed by atoms with E-state index in [2.05, 4.69) is 9.97 Å². The molecule has 1 saturated heterocycles. The molecule has 2 amide bonds. The molecule has 0 radical (unpaired) electrons. The number of hydrogen-bond acceptors (Lipinski definition) is 8. The van der Waals surface area contributed by atoms with Gasteiger partial charge in [0.05, 0.1) is 12.7 Å². The highest BCUT2D eigenvalue weighted by Crippen LogP contribution is 2.30. The van der Waals surface area contributed by atoms with Crippen molar-refractivity contribution in [2.75, 3.05) is 19.7 Å². The van der Waals surface area contributed by atoms with Crippen LogP contribution in [0.15, 0.2) is 41.6 Å². The fourth-order valence-electron chi connectivity index (χ4n) is 4.25. The lowest BCUT2D eigenvalue weighted by Gasteiger charge is -2.31. The second-order valence-corrected chi connectivity index (χ2v) is 9.82. The number of rotatable bonds is 6. The predicted molar refractivity (Wildman–Crippen MR) is 132 cm³/mol. The lowest BCUT2D eigenvalue weighted by Crippen LogP contribution is -2.45. The number of amides is 2. The van der Waals surface area contributed by atoms with Gasteiger partial charge >= 0.3 is 5.56 Å². The molecule has 0 saturated carbocycles. The second-order valence-electron chi connectivity index (χ2n) is 8.71. The van der Waals surface area contributed by atoms with Crippen molar-refractivity contribution in [2.45, 2.75) is 26.0 Å². The maximum Gasteiger partial charge on any atom is 0.302 e. The largest absolute Gasteiger partial charge is 0.501 e. The SMILES string of the molecule is CC1CN(C(=O)Cn2ccn3c(=O)c(O)c(-c4ncc(Cc5ccc(F)cc5C(N)=O)s4)nc23)CCO1. The molecule has 0 bridgehead atoms. The van der Waals surface area contributed by atoms with Gasteiger partial charge < -0.3 is 25.0 Å². The standard InChI is InChI=1S/C24H23FN6O5S/c1-13-11-29(6-7-36-13)18(32)12-30-4-5-31-23(35)20(33)19(28-24(30)31)22-27-10-16(37-22)8-14-2-3-15(25)9-17(14)21(26)34/h2-5,9-10,13,33H,6-8,11-12H2,1H3,(H2,26,34). The van der Waals surface area contributed by atoms with E-state index in [1.807, 2.05) is 6.92 Å². The molecule has 1 fully saturated rings. The van der Waals surface area contributed by atoms with Crippen LogP contribution < -0.4 is 11.3 Å². The molecule has 1 unspecified atom stereocenters. The summed E-state index contributed by atoms with van der Waals surface area (Å²) in [5, 5.41) is 10.9. The third kappa shape index (κ3) is 4.82. The smallest absolute Gasteiger partial charge is 0.302 e. The Kier molecular flexibility index (Phi) is 6.48. The van der Waals surface area contributed by atoms with Gasteiger partial charge in [0.25, 0.3) is 0 Å². The minimum Gasteiger partial charge on any atom is -0.501 e. The zero-order valence-corrected chi connectivity index (χ0v) is 20.6. The van der Waals surface area contributed by atoms with Crippen LogP contribution in [-0.4, -0.2) is 66.6 Å². The number of primary amides is 1. The van der Waals surface area contributed by atoms with E-state index in [-0.39, 0.29) is 47.0 Å². The van der Waals surface area contributed by atoms with Gasteiger partial charge in [0.2, 0.25) is 23.3 Å². The first-order chi connectivity index (χ1) is 17.7. The number of aromatic hydroxyl groups is 1. The molecule has 4 aromatic rings. The van der Waals surface area contributed by atoms with Crippen LogP contribution in [0.4, 0.5) is 4.39 Å². The first kappa shape index (κ1) is 24.6. The summed E-state index contributed by atoms with van der Waals surface area (Å²) in [6.45, 7) is 3.28. The van der Waals surface area contributed by atoms with Crippen LogP contribution in [0, 0.1) is 5.82 Å². The monoisotopic (exact) mass is 526 g/mol. The van der Waals surface area contributed by atoms with Crippen molar-refractivity contribution >= 4 is 28.9 Å². The maximum absolute atomic E-state index is 13.6. The Morgan fingerprint density at radius 2 is 2.14 bits per heavy atom. The number of imidazole rings is 1. The topological polar surface area (TPSA) is 145 Å². The molecule has 37 heavy (non-hydrogen) atoms. The van der Waals surface area contributed by atoms with Crippen molar-refractivity contribution in [3.05, 3.63) is 69.0 Å². The molecule has 4 heterocycles. The number of hydrogen-bond donors (Lipinski definition) is 2. The molecule has 3 N–H and O–H groups in total. The first-order valence-corrected chi connectivity index (χ1v) is 12.3. The highest BCUT2D eigenvalue weighted by atomic mass is 32.1. The summed E-state index contributed by atoms with van der Waals surface area (Å²) in [5.74, 6) is -1.87. The number of thiazole rings is 1. The van der Waals surface area contributed by atoms with E-state index >= 15 is 0 Å². The molecule has 0 aliphatic carbocycles. The van der Waals surface area contributed by atoms with Crippen LogP contribution in [0.5, 0.6) is 5.75 Å². The van der Waals surface area contributed by atoms with Gasteiger partial charge in [0.1, 0.15) is 17.4 Å². The van der Waals surface area contributed by atoms with Gasteiger partial charge in [-0.2, -0.15) is 0 Å². The summed E-state index contributed by atoms with van der Waals surface area (Å²) in [5.41, 5.74) is 5.24. The number of morpholine rings is 1. The molecule has 11 nitrogen and oxygen atoms in total. The molecule has 1 atom stereocenters. The number of nitrogens with two attached hydrogens (primary N) is 1. The van der Waals surface area contributed by atoms with E-state index in [1.54, 1.807) is 15.7 Å². The van der Waals surface area contributed by atoms with Gasteiger partial charge in [-0.25, -0.2) is 18.8 Å². The fraction of sp³-hybridized carbons (Fsp3) is 0.292. The first-order valence-electron chi connectivity index (χ1n) is 11.4. The number of fused-ring (bicyclic) bond motifs is 1.